The van der Waals surface area contributed by atoms with Crippen LogP contribution >= 0.6 is 11.8 Å². The Morgan fingerprint density at radius 3 is 2.55 bits per heavy atom. The second-order valence-corrected chi connectivity index (χ2v) is 7.15. The number of thioether (sulfide) groups is 1. The largest absolute Gasteiger partial charge is 0.335 e. The molecule has 0 aromatic heterocycles. The fraction of sp³-hybridized carbons (Fsp3) is 0.588. The van der Waals surface area contributed by atoms with Gasteiger partial charge in [-0.05, 0) is 42.4 Å². The molecule has 0 saturated heterocycles. The summed E-state index contributed by atoms with van der Waals surface area (Å²) in [5.74, 6) is 1.24. The Bertz CT molecular complexity index is 472. The van der Waals surface area contributed by atoms with E-state index >= 15 is 0 Å². The Balaban J connectivity index is 1.59. The number of hydrogen-bond acceptors (Lipinski definition) is 3. The second kappa shape index (κ2) is 6.21. The van der Waals surface area contributed by atoms with Gasteiger partial charge < -0.3 is 5.32 Å². The maximum Gasteiger partial charge on any atom is 0.161 e. The molecule has 1 fully saturated rings. The van der Waals surface area contributed by atoms with Gasteiger partial charge in [-0.3, -0.25) is 4.99 Å². The molecular weight excluding hydrogens is 264 g/mol. The number of amidine groups is 1. The molecule has 3 rings (SSSR count). The van der Waals surface area contributed by atoms with Gasteiger partial charge in [0.25, 0.3) is 0 Å². The van der Waals surface area contributed by atoms with Crippen molar-refractivity contribution in [3.05, 3.63) is 29.8 Å². The first-order valence-corrected chi connectivity index (χ1v) is 8.81. The molecule has 2 nitrogen and oxygen atoms in total. The third-order valence-corrected chi connectivity index (χ3v) is 5.74. The van der Waals surface area contributed by atoms with Crippen molar-refractivity contribution in [3.63, 3.8) is 0 Å². The van der Waals surface area contributed by atoms with Crippen molar-refractivity contribution in [2.75, 3.05) is 17.6 Å². The second-order valence-electron chi connectivity index (χ2n) is 6.19. The molecule has 1 aliphatic carbocycles. The summed E-state index contributed by atoms with van der Waals surface area (Å²) in [5, 5.41) is 4.57. The molecule has 1 N–H and O–H groups in total. The summed E-state index contributed by atoms with van der Waals surface area (Å²) in [6.45, 7) is 3.24. The molecular formula is C17H24N2S. The van der Waals surface area contributed by atoms with E-state index < -0.39 is 0 Å². The van der Waals surface area contributed by atoms with Crippen molar-refractivity contribution >= 4 is 22.6 Å². The van der Waals surface area contributed by atoms with Gasteiger partial charge in [-0.25, -0.2) is 0 Å². The number of benzene rings is 1. The number of aliphatic imine (C=N–C) groups is 1. The zero-order valence-electron chi connectivity index (χ0n) is 12.3. The lowest BCUT2D eigenvalue weighted by molar-refractivity contribution is 0.359. The van der Waals surface area contributed by atoms with E-state index in [1.807, 2.05) is 11.8 Å². The van der Waals surface area contributed by atoms with Crippen LogP contribution in [-0.4, -0.2) is 17.5 Å². The van der Waals surface area contributed by atoms with Crippen LogP contribution in [0.2, 0.25) is 0 Å². The molecule has 108 valence electrons. The molecule has 1 saturated carbocycles. The molecule has 3 heteroatoms. The molecule has 1 aromatic rings. The Kier molecular flexibility index (Phi) is 4.35. The number of aryl methyl sites for hydroxylation is 1. The van der Waals surface area contributed by atoms with Gasteiger partial charge in [0.1, 0.15) is 0 Å². The zero-order chi connectivity index (χ0) is 13.8. The highest BCUT2D eigenvalue weighted by molar-refractivity contribution is 8.14. The summed E-state index contributed by atoms with van der Waals surface area (Å²) in [6.07, 6.45) is 7.93. The third-order valence-electron chi connectivity index (χ3n) is 4.48. The van der Waals surface area contributed by atoms with Crippen molar-refractivity contribution < 1.29 is 0 Å². The minimum atomic E-state index is 0.529. The van der Waals surface area contributed by atoms with Gasteiger partial charge in [-0.1, -0.05) is 50.1 Å². The van der Waals surface area contributed by atoms with Crippen molar-refractivity contribution in [2.24, 2.45) is 10.4 Å². The van der Waals surface area contributed by atoms with Gasteiger partial charge in [0.05, 0.1) is 0 Å². The highest BCUT2D eigenvalue weighted by atomic mass is 32.2. The van der Waals surface area contributed by atoms with Crippen molar-refractivity contribution in [3.8, 4) is 0 Å². The summed E-state index contributed by atoms with van der Waals surface area (Å²) >= 11 is 1.91. The first-order valence-electron chi connectivity index (χ1n) is 7.83. The first-order chi connectivity index (χ1) is 9.80. The van der Waals surface area contributed by atoms with Gasteiger partial charge >= 0.3 is 0 Å². The van der Waals surface area contributed by atoms with Gasteiger partial charge in [0.2, 0.25) is 0 Å². The smallest absolute Gasteiger partial charge is 0.161 e. The van der Waals surface area contributed by atoms with Crippen molar-refractivity contribution in [2.45, 2.75) is 45.4 Å². The molecule has 0 amide bonds. The lowest BCUT2D eigenvalue weighted by atomic mass is 9.89. The lowest BCUT2D eigenvalue weighted by Crippen LogP contribution is -2.30. The zero-order valence-corrected chi connectivity index (χ0v) is 13.1. The lowest BCUT2D eigenvalue weighted by Gasteiger charge is -2.31. The van der Waals surface area contributed by atoms with E-state index in [0.29, 0.717) is 5.41 Å². The van der Waals surface area contributed by atoms with E-state index in [-0.39, 0.29) is 0 Å². The first kappa shape index (κ1) is 14.0. The summed E-state index contributed by atoms with van der Waals surface area (Å²) in [6, 6.07) is 8.79. The SMILES string of the molecule is CCCc1ccc(NC2=NCC3(CCCC3)CS2)cc1. The molecule has 0 radical (unpaired) electrons. The molecule has 1 heterocycles. The Hall–Kier alpha value is -0.960. The predicted octanol–water partition coefficient (Wildman–Crippen LogP) is 4.71. The van der Waals surface area contributed by atoms with E-state index in [0.717, 1.165) is 11.7 Å². The summed E-state index contributed by atoms with van der Waals surface area (Å²) in [5.41, 5.74) is 3.11. The van der Waals surface area contributed by atoms with E-state index in [4.69, 9.17) is 4.99 Å². The topological polar surface area (TPSA) is 24.4 Å². The Morgan fingerprint density at radius 2 is 1.95 bits per heavy atom. The highest BCUT2D eigenvalue weighted by Gasteiger charge is 2.36. The fourth-order valence-corrected chi connectivity index (χ4v) is 4.39. The monoisotopic (exact) mass is 288 g/mol. The van der Waals surface area contributed by atoms with Crippen LogP contribution in [0.15, 0.2) is 29.3 Å². The number of rotatable bonds is 3. The minimum absolute atomic E-state index is 0.529. The van der Waals surface area contributed by atoms with Crippen LogP contribution in [0.3, 0.4) is 0 Å². The molecule has 0 unspecified atom stereocenters. The molecule has 2 aliphatic rings. The van der Waals surface area contributed by atoms with E-state index in [1.54, 1.807) is 0 Å². The molecule has 0 bridgehead atoms. The van der Waals surface area contributed by atoms with E-state index in [9.17, 15) is 0 Å². The normalized spacial score (nSPS) is 20.9. The molecule has 0 atom stereocenters. The number of hydrogen-bond donors (Lipinski definition) is 1. The summed E-state index contributed by atoms with van der Waals surface area (Å²) in [7, 11) is 0. The van der Waals surface area contributed by atoms with Crippen LogP contribution in [0.1, 0.15) is 44.6 Å². The van der Waals surface area contributed by atoms with Crippen LogP contribution in [0.5, 0.6) is 0 Å². The number of nitrogens with one attached hydrogen (secondary N) is 1. The van der Waals surface area contributed by atoms with Gasteiger partial charge in [-0.15, -0.1) is 0 Å². The number of anilines is 1. The van der Waals surface area contributed by atoms with Crippen molar-refractivity contribution in [1.29, 1.82) is 0 Å². The molecule has 20 heavy (non-hydrogen) atoms. The van der Waals surface area contributed by atoms with Crippen molar-refractivity contribution in [1.82, 2.24) is 0 Å². The third kappa shape index (κ3) is 3.20. The average Bonchev–Trinajstić information content (AvgIpc) is 2.93. The Labute approximate surface area is 126 Å². The molecule has 1 spiro atoms. The van der Waals surface area contributed by atoms with E-state index in [1.165, 1.54) is 55.5 Å². The van der Waals surface area contributed by atoms with Gasteiger partial charge in [0, 0.05) is 18.0 Å². The quantitative estimate of drug-likeness (QED) is 0.870. The Morgan fingerprint density at radius 1 is 1.20 bits per heavy atom. The maximum absolute atomic E-state index is 4.79. The van der Waals surface area contributed by atoms with Crippen LogP contribution < -0.4 is 5.32 Å². The fourth-order valence-electron chi connectivity index (χ4n) is 3.22. The maximum atomic E-state index is 4.79. The number of nitrogens with zero attached hydrogens (tertiary/aromatic N) is 1. The van der Waals surface area contributed by atoms with Gasteiger partial charge in [-0.2, -0.15) is 0 Å². The molecule has 1 aromatic carbocycles. The standard InChI is InChI=1S/C17H24N2S/c1-2-5-14-6-8-15(9-7-14)19-16-18-12-17(13-20-16)10-3-4-11-17/h6-9H,2-5,10-13H2,1H3,(H,18,19). The summed E-state index contributed by atoms with van der Waals surface area (Å²) < 4.78 is 0. The summed E-state index contributed by atoms with van der Waals surface area (Å²) in [4.78, 5) is 4.79. The predicted molar refractivity (Wildman–Crippen MR) is 89.7 cm³/mol. The van der Waals surface area contributed by atoms with Crippen LogP contribution in [0.25, 0.3) is 0 Å². The van der Waals surface area contributed by atoms with Crippen LogP contribution in [0.4, 0.5) is 5.69 Å². The van der Waals surface area contributed by atoms with E-state index in [2.05, 4.69) is 36.5 Å². The molecule has 1 aliphatic heterocycles. The highest BCUT2D eigenvalue weighted by Crippen LogP contribution is 2.43. The van der Waals surface area contributed by atoms with Gasteiger partial charge in [0.15, 0.2) is 5.17 Å². The minimum Gasteiger partial charge on any atom is -0.335 e. The average molecular weight is 288 g/mol. The van der Waals surface area contributed by atoms with Crippen LogP contribution in [-0.2, 0) is 6.42 Å². The van der Waals surface area contributed by atoms with Crippen LogP contribution in [0, 0.1) is 5.41 Å².